The van der Waals surface area contributed by atoms with E-state index in [1.54, 1.807) is 0 Å². The van der Waals surface area contributed by atoms with Crippen molar-refractivity contribution in [1.29, 1.82) is 0 Å². The zero-order valence-electron chi connectivity index (χ0n) is 5.42. The molecule has 0 aliphatic rings. The van der Waals surface area contributed by atoms with E-state index in [1.807, 2.05) is 0 Å². The number of aliphatic hydroxyl groups excluding tert-OH is 1. The molecule has 0 aromatic carbocycles. The molecule has 0 aliphatic carbocycles. The van der Waals surface area contributed by atoms with E-state index in [2.05, 4.69) is 0 Å². The number of nitrogens with two attached hydrogens (primary N) is 2. The molecule has 0 amide bonds. The fourth-order valence-corrected chi connectivity index (χ4v) is 0.524. The summed E-state index contributed by atoms with van der Waals surface area (Å²) in [4.78, 5) is 0. The van der Waals surface area contributed by atoms with Gasteiger partial charge in [0.15, 0.2) is 0 Å². The number of hydrogen-bond acceptors (Lipinski definition) is 3. The summed E-state index contributed by atoms with van der Waals surface area (Å²) in [6.45, 7) is 0.780. The summed E-state index contributed by atoms with van der Waals surface area (Å²) < 4.78 is 0. The molecule has 0 saturated carbocycles. The van der Waals surface area contributed by atoms with Crippen molar-refractivity contribution >= 4 is 0 Å². The summed E-state index contributed by atoms with van der Waals surface area (Å²) in [6, 6.07) is 0.0880. The van der Waals surface area contributed by atoms with Gasteiger partial charge in [-0.25, -0.2) is 0 Å². The Balaban J connectivity index is 0. The van der Waals surface area contributed by atoms with Crippen LogP contribution in [0.25, 0.3) is 0 Å². The largest absolute Gasteiger partial charge is 0.396 e. The quantitative estimate of drug-likeness (QED) is 0.476. The molecule has 0 heterocycles. The van der Waals surface area contributed by atoms with Crippen LogP contribution in [0, 0.1) is 0 Å². The molecule has 1 atom stereocenters. The highest BCUT2D eigenvalue weighted by molar-refractivity contribution is 4.59. The Labute approximate surface area is 54.4 Å². The average molecular weight is 138 g/mol. The minimum absolute atomic E-state index is 0. The molecule has 0 aromatic rings. The van der Waals surface area contributed by atoms with Crippen LogP contribution in [0.5, 0.6) is 0 Å². The lowest BCUT2D eigenvalue weighted by molar-refractivity contribution is 0.273. The van der Waals surface area contributed by atoms with Crippen LogP contribution in [0.15, 0.2) is 0 Å². The monoisotopic (exact) mass is 138 g/mol. The smallest absolute Gasteiger partial charge is 0.0445 e. The highest BCUT2D eigenvalue weighted by Gasteiger charge is 1.96. The second-order valence-electron chi connectivity index (χ2n) is 1.85. The Hall–Kier alpha value is -0.190. The first-order valence-corrected chi connectivity index (χ1v) is 2.87. The molecule has 58 valence electrons. The summed E-state index contributed by atoms with van der Waals surface area (Å²) in [5, 5.41) is 8.34. The van der Waals surface area contributed by atoms with Gasteiger partial charge in [-0.15, -0.1) is 0 Å². The number of hydrogen-bond donors (Lipinski definition) is 3. The van der Waals surface area contributed by atoms with E-state index in [0.717, 1.165) is 6.42 Å². The zero-order valence-corrected chi connectivity index (χ0v) is 5.42. The van der Waals surface area contributed by atoms with Crippen molar-refractivity contribution < 1.29 is 9.81 Å². The maximum absolute atomic E-state index is 8.34. The standard InChI is InChI=1S/C5H14N2O.FH/c6-3-1-5(7)2-4-8;/h5,8H,1-4,6-7H2;1H. The topological polar surface area (TPSA) is 72.3 Å². The highest BCUT2D eigenvalue weighted by atomic mass is 19.0. The van der Waals surface area contributed by atoms with Gasteiger partial charge in [-0.1, -0.05) is 0 Å². The summed E-state index contributed by atoms with van der Waals surface area (Å²) in [6.07, 6.45) is 1.47. The fraction of sp³-hybridized carbons (Fsp3) is 1.00. The van der Waals surface area contributed by atoms with Gasteiger partial charge in [0.25, 0.3) is 0 Å². The van der Waals surface area contributed by atoms with Crippen LogP contribution in [-0.4, -0.2) is 24.3 Å². The van der Waals surface area contributed by atoms with Gasteiger partial charge < -0.3 is 16.6 Å². The van der Waals surface area contributed by atoms with Gasteiger partial charge in [-0.3, -0.25) is 4.70 Å². The van der Waals surface area contributed by atoms with Crippen LogP contribution in [0.3, 0.4) is 0 Å². The Morgan fingerprint density at radius 2 is 1.89 bits per heavy atom. The van der Waals surface area contributed by atoms with E-state index >= 15 is 0 Å². The number of aliphatic hydroxyl groups is 1. The van der Waals surface area contributed by atoms with Gasteiger partial charge in [-0.05, 0) is 19.4 Å². The van der Waals surface area contributed by atoms with Gasteiger partial charge in [0.2, 0.25) is 0 Å². The third-order valence-corrected chi connectivity index (χ3v) is 1.04. The molecular weight excluding hydrogens is 123 g/mol. The predicted molar refractivity (Wildman–Crippen MR) is 35.9 cm³/mol. The van der Waals surface area contributed by atoms with Gasteiger partial charge in [-0.2, -0.15) is 0 Å². The van der Waals surface area contributed by atoms with Crippen molar-refractivity contribution in [3.8, 4) is 0 Å². The predicted octanol–water partition coefficient (Wildman–Crippen LogP) is -0.803. The summed E-state index contributed by atoms with van der Waals surface area (Å²) in [7, 11) is 0. The van der Waals surface area contributed by atoms with Crippen molar-refractivity contribution in [1.82, 2.24) is 0 Å². The van der Waals surface area contributed by atoms with E-state index in [4.69, 9.17) is 16.6 Å². The SMILES string of the molecule is F.NCCC(N)CCO. The molecule has 9 heavy (non-hydrogen) atoms. The van der Waals surface area contributed by atoms with Crippen molar-refractivity contribution in [2.75, 3.05) is 13.2 Å². The van der Waals surface area contributed by atoms with Crippen LogP contribution < -0.4 is 11.5 Å². The molecule has 0 aromatic heterocycles. The van der Waals surface area contributed by atoms with Crippen molar-refractivity contribution in [2.24, 2.45) is 11.5 Å². The van der Waals surface area contributed by atoms with E-state index in [1.165, 1.54) is 0 Å². The van der Waals surface area contributed by atoms with E-state index in [9.17, 15) is 0 Å². The maximum Gasteiger partial charge on any atom is 0.0445 e. The molecule has 0 radical (unpaired) electrons. The number of rotatable bonds is 4. The molecule has 5 N–H and O–H groups in total. The summed E-state index contributed by atoms with van der Waals surface area (Å²) >= 11 is 0. The van der Waals surface area contributed by atoms with E-state index in [-0.39, 0.29) is 17.4 Å². The van der Waals surface area contributed by atoms with Crippen LogP contribution in [-0.2, 0) is 0 Å². The molecule has 0 saturated heterocycles. The van der Waals surface area contributed by atoms with Gasteiger partial charge in [0, 0.05) is 12.6 Å². The van der Waals surface area contributed by atoms with Crippen molar-refractivity contribution in [3.63, 3.8) is 0 Å². The van der Waals surface area contributed by atoms with Crippen molar-refractivity contribution in [2.45, 2.75) is 18.9 Å². The molecule has 0 aliphatic heterocycles. The second kappa shape index (κ2) is 7.81. The van der Waals surface area contributed by atoms with E-state index in [0.29, 0.717) is 13.0 Å². The molecule has 0 fully saturated rings. The lowest BCUT2D eigenvalue weighted by Gasteiger charge is -2.05. The Bertz CT molecular complexity index is 48.2. The molecule has 3 nitrogen and oxygen atoms in total. The fourth-order valence-electron chi connectivity index (χ4n) is 0.524. The average Bonchev–Trinajstić information content (AvgIpc) is 1.68. The van der Waals surface area contributed by atoms with Crippen molar-refractivity contribution in [3.05, 3.63) is 0 Å². The first-order valence-electron chi connectivity index (χ1n) is 2.87. The summed E-state index contributed by atoms with van der Waals surface area (Å²) in [5.74, 6) is 0. The van der Waals surface area contributed by atoms with Crippen LogP contribution >= 0.6 is 0 Å². The van der Waals surface area contributed by atoms with Crippen LogP contribution in [0.2, 0.25) is 0 Å². The second-order valence-corrected chi connectivity index (χ2v) is 1.85. The van der Waals surface area contributed by atoms with E-state index < -0.39 is 0 Å². The molecule has 4 heteroatoms. The minimum atomic E-state index is 0. The number of halogens is 1. The molecule has 0 bridgehead atoms. The van der Waals surface area contributed by atoms with Crippen LogP contribution in [0.1, 0.15) is 12.8 Å². The molecule has 0 rings (SSSR count). The minimum Gasteiger partial charge on any atom is -0.396 e. The third kappa shape index (κ3) is 7.81. The highest BCUT2D eigenvalue weighted by Crippen LogP contribution is 1.89. The lowest BCUT2D eigenvalue weighted by Crippen LogP contribution is -2.24. The first kappa shape index (κ1) is 11.6. The lowest BCUT2D eigenvalue weighted by atomic mass is 10.2. The van der Waals surface area contributed by atoms with Gasteiger partial charge in [0.1, 0.15) is 0 Å². The van der Waals surface area contributed by atoms with Gasteiger partial charge in [0.05, 0.1) is 0 Å². The van der Waals surface area contributed by atoms with Gasteiger partial charge >= 0.3 is 0 Å². The normalized spacial score (nSPS) is 12.3. The summed E-state index contributed by atoms with van der Waals surface area (Å²) in [5.41, 5.74) is 10.7. The molecule has 1 unspecified atom stereocenters. The zero-order chi connectivity index (χ0) is 6.41. The third-order valence-electron chi connectivity index (χ3n) is 1.04. The Morgan fingerprint density at radius 3 is 2.22 bits per heavy atom. The Kier molecular flexibility index (Phi) is 10.1. The maximum atomic E-state index is 8.34. The molecular formula is C5H15FN2O. The Morgan fingerprint density at radius 1 is 1.33 bits per heavy atom. The van der Waals surface area contributed by atoms with Crippen LogP contribution in [0.4, 0.5) is 4.70 Å². The molecule has 0 spiro atoms. The first-order chi connectivity index (χ1) is 3.81.